The van der Waals surface area contributed by atoms with Crippen LogP contribution in [0, 0.1) is 0 Å². The summed E-state index contributed by atoms with van der Waals surface area (Å²) in [4.78, 5) is 0. The molecule has 0 fully saturated rings. The molecule has 0 aliphatic carbocycles. The Morgan fingerprint density at radius 1 is 1.53 bits per heavy atom. The van der Waals surface area contributed by atoms with E-state index in [4.69, 9.17) is 16.3 Å². The summed E-state index contributed by atoms with van der Waals surface area (Å²) in [6.07, 6.45) is 0.152. The average molecular weight is 228 g/mol. The molecular formula is C11H14ClNO2. The number of aliphatic hydroxyl groups is 1. The maximum absolute atomic E-state index is 9.95. The van der Waals surface area contributed by atoms with E-state index in [0.717, 1.165) is 17.0 Å². The second-order valence-corrected chi connectivity index (χ2v) is 4.24. The molecule has 15 heavy (non-hydrogen) atoms. The highest BCUT2D eigenvalue weighted by molar-refractivity contribution is 6.32. The van der Waals surface area contributed by atoms with Crippen molar-refractivity contribution in [1.82, 2.24) is 0 Å². The van der Waals surface area contributed by atoms with Gasteiger partial charge in [-0.1, -0.05) is 11.6 Å². The molecule has 2 rings (SSSR count). The van der Waals surface area contributed by atoms with Gasteiger partial charge in [-0.2, -0.15) is 0 Å². The molecule has 0 aromatic heterocycles. The number of hydrogen-bond acceptors (Lipinski definition) is 3. The minimum atomic E-state index is -0.515. The van der Waals surface area contributed by atoms with E-state index in [0.29, 0.717) is 11.4 Å². The first-order valence-electron chi connectivity index (χ1n) is 4.94. The quantitative estimate of drug-likeness (QED) is 0.775. The molecule has 2 unspecified atom stereocenters. The van der Waals surface area contributed by atoms with E-state index in [1.807, 2.05) is 6.92 Å². The van der Waals surface area contributed by atoms with Crippen LogP contribution in [0.5, 0.6) is 5.75 Å². The third-order valence-corrected chi connectivity index (χ3v) is 3.00. The number of nitrogens with one attached hydrogen (secondary N) is 1. The minimum absolute atomic E-state index is 0.222. The van der Waals surface area contributed by atoms with E-state index < -0.39 is 6.10 Å². The Hall–Kier alpha value is -0.930. The number of hydrogen-bond donors (Lipinski definition) is 2. The lowest BCUT2D eigenvalue weighted by Gasteiger charge is -2.30. The second kappa shape index (κ2) is 3.91. The van der Waals surface area contributed by atoms with Gasteiger partial charge in [0, 0.05) is 16.6 Å². The van der Waals surface area contributed by atoms with Gasteiger partial charge in [0.1, 0.15) is 5.75 Å². The van der Waals surface area contributed by atoms with Crippen molar-refractivity contribution in [2.75, 3.05) is 12.4 Å². The van der Waals surface area contributed by atoms with E-state index in [9.17, 15) is 5.11 Å². The molecule has 4 heteroatoms. The summed E-state index contributed by atoms with van der Waals surface area (Å²) in [6.45, 7) is 2.02. The zero-order valence-electron chi connectivity index (χ0n) is 8.75. The highest BCUT2D eigenvalue weighted by Crippen LogP contribution is 2.42. The van der Waals surface area contributed by atoms with Crippen LogP contribution in [0.2, 0.25) is 5.02 Å². The van der Waals surface area contributed by atoms with Crippen LogP contribution >= 0.6 is 11.6 Å². The van der Waals surface area contributed by atoms with Crippen molar-refractivity contribution >= 4 is 17.3 Å². The Morgan fingerprint density at radius 3 is 2.93 bits per heavy atom. The molecule has 3 nitrogen and oxygen atoms in total. The molecule has 0 amide bonds. The number of methoxy groups -OCH3 is 1. The number of halogens is 1. The van der Waals surface area contributed by atoms with Crippen LogP contribution in [0.3, 0.4) is 0 Å². The molecule has 82 valence electrons. The molecule has 0 spiro atoms. The SMILES string of the molecule is COc1ccc(Cl)c2c1NC(C)CC2O. The van der Waals surface area contributed by atoms with Crippen molar-refractivity contribution in [2.24, 2.45) is 0 Å². The van der Waals surface area contributed by atoms with Crippen molar-refractivity contribution < 1.29 is 9.84 Å². The lowest BCUT2D eigenvalue weighted by Crippen LogP contribution is -2.25. The fraction of sp³-hybridized carbons (Fsp3) is 0.455. The molecule has 1 aliphatic rings. The molecule has 0 saturated heterocycles. The van der Waals surface area contributed by atoms with E-state index in [2.05, 4.69) is 5.32 Å². The molecule has 0 radical (unpaired) electrons. The van der Waals surface area contributed by atoms with Crippen molar-refractivity contribution in [3.05, 3.63) is 22.7 Å². The number of benzene rings is 1. The van der Waals surface area contributed by atoms with E-state index >= 15 is 0 Å². The average Bonchev–Trinajstić information content (AvgIpc) is 2.17. The Labute approximate surface area is 94.0 Å². The standard InChI is InChI=1S/C11H14ClNO2/c1-6-5-8(14)10-7(12)3-4-9(15-2)11(10)13-6/h3-4,6,8,13-14H,5H2,1-2H3. The summed E-state index contributed by atoms with van der Waals surface area (Å²) in [5.74, 6) is 0.722. The number of ether oxygens (including phenoxy) is 1. The van der Waals surface area contributed by atoms with Crippen molar-refractivity contribution in [3.8, 4) is 5.75 Å². The van der Waals surface area contributed by atoms with Crippen LogP contribution in [-0.2, 0) is 0 Å². The largest absolute Gasteiger partial charge is 0.495 e. The van der Waals surface area contributed by atoms with Gasteiger partial charge in [0.2, 0.25) is 0 Å². The normalized spacial score (nSPS) is 24.3. The van der Waals surface area contributed by atoms with E-state index in [1.54, 1.807) is 19.2 Å². The monoisotopic (exact) mass is 227 g/mol. The molecule has 2 N–H and O–H groups in total. The summed E-state index contributed by atoms with van der Waals surface area (Å²) in [5, 5.41) is 13.8. The topological polar surface area (TPSA) is 41.5 Å². The summed E-state index contributed by atoms with van der Waals surface area (Å²) in [5.41, 5.74) is 1.56. The van der Waals surface area contributed by atoms with Gasteiger partial charge in [0.15, 0.2) is 0 Å². The summed E-state index contributed by atoms with van der Waals surface area (Å²) >= 11 is 6.06. The third-order valence-electron chi connectivity index (χ3n) is 2.67. The van der Waals surface area contributed by atoms with Crippen molar-refractivity contribution in [1.29, 1.82) is 0 Å². The van der Waals surface area contributed by atoms with Crippen LogP contribution in [0.25, 0.3) is 0 Å². The lowest BCUT2D eigenvalue weighted by molar-refractivity contribution is 0.158. The molecule has 1 aliphatic heterocycles. The maximum Gasteiger partial charge on any atom is 0.142 e. The van der Waals surface area contributed by atoms with Gasteiger partial charge in [0.25, 0.3) is 0 Å². The van der Waals surface area contributed by atoms with E-state index in [1.165, 1.54) is 0 Å². The van der Waals surface area contributed by atoms with Gasteiger partial charge in [-0.25, -0.2) is 0 Å². The Balaban J connectivity index is 2.56. The lowest BCUT2D eigenvalue weighted by atomic mass is 9.95. The predicted octanol–water partition coefficient (Wildman–Crippen LogP) is 2.59. The van der Waals surface area contributed by atoms with Gasteiger partial charge < -0.3 is 15.2 Å². The first-order chi connectivity index (χ1) is 7.13. The Bertz CT molecular complexity index is 381. The zero-order chi connectivity index (χ0) is 11.0. The van der Waals surface area contributed by atoms with Gasteiger partial charge in [-0.05, 0) is 25.5 Å². The first kappa shape index (κ1) is 10.6. The minimum Gasteiger partial charge on any atom is -0.495 e. The van der Waals surface area contributed by atoms with Crippen LogP contribution in [0.15, 0.2) is 12.1 Å². The van der Waals surface area contributed by atoms with Crippen LogP contribution < -0.4 is 10.1 Å². The summed E-state index contributed by atoms with van der Waals surface area (Å²) < 4.78 is 5.23. The number of rotatable bonds is 1. The second-order valence-electron chi connectivity index (χ2n) is 3.84. The number of fused-ring (bicyclic) bond motifs is 1. The molecule has 2 atom stereocenters. The molecule has 1 aromatic carbocycles. The molecule has 1 heterocycles. The Morgan fingerprint density at radius 2 is 2.27 bits per heavy atom. The summed E-state index contributed by atoms with van der Waals surface area (Å²) in [6, 6.07) is 3.78. The van der Waals surface area contributed by atoms with Crippen LogP contribution in [0.1, 0.15) is 25.0 Å². The fourth-order valence-corrected chi connectivity index (χ4v) is 2.26. The zero-order valence-corrected chi connectivity index (χ0v) is 9.51. The smallest absolute Gasteiger partial charge is 0.142 e. The highest BCUT2D eigenvalue weighted by atomic mass is 35.5. The number of anilines is 1. The van der Waals surface area contributed by atoms with E-state index in [-0.39, 0.29) is 6.04 Å². The molecule has 0 saturated carbocycles. The maximum atomic E-state index is 9.95. The highest BCUT2D eigenvalue weighted by Gasteiger charge is 2.27. The number of aliphatic hydroxyl groups excluding tert-OH is 1. The Kier molecular flexibility index (Phi) is 2.76. The van der Waals surface area contributed by atoms with Gasteiger partial charge >= 0.3 is 0 Å². The molecule has 1 aromatic rings. The van der Waals surface area contributed by atoms with Crippen molar-refractivity contribution in [3.63, 3.8) is 0 Å². The van der Waals surface area contributed by atoms with Gasteiger partial charge in [-0.15, -0.1) is 0 Å². The van der Waals surface area contributed by atoms with Crippen molar-refractivity contribution in [2.45, 2.75) is 25.5 Å². The fourth-order valence-electron chi connectivity index (χ4n) is 1.98. The van der Waals surface area contributed by atoms with Crippen LogP contribution in [-0.4, -0.2) is 18.3 Å². The van der Waals surface area contributed by atoms with Crippen LogP contribution in [0.4, 0.5) is 5.69 Å². The van der Waals surface area contributed by atoms with Gasteiger partial charge in [-0.3, -0.25) is 0 Å². The predicted molar refractivity (Wildman–Crippen MR) is 60.7 cm³/mol. The first-order valence-corrected chi connectivity index (χ1v) is 5.32. The molecule has 0 bridgehead atoms. The third kappa shape index (κ3) is 1.77. The molecular weight excluding hydrogens is 214 g/mol. The van der Waals surface area contributed by atoms with Gasteiger partial charge in [0.05, 0.1) is 18.9 Å². The summed E-state index contributed by atoms with van der Waals surface area (Å²) in [7, 11) is 1.61.